The summed E-state index contributed by atoms with van der Waals surface area (Å²) >= 11 is 0. The minimum absolute atomic E-state index is 0.108. The maximum absolute atomic E-state index is 13.3. The Morgan fingerprint density at radius 3 is 2.48 bits per heavy atom. The van der Waals surface area contributed by atoms with E-state index in [4.69, 9.17) is 4.74 Å². The Kier molecular flexibility index (Phi) is 4.90. The summed E-state index contributed by atoms with van der Waals surface area (Å²) in [6.07, 6.45) is -4.06. The Labute approximate surface area is 160 Å². The molecule has 2 heterocycles. The lowest BCUT2D eigenvalue weighted by Crippen LogP contribution is -2.31. The van der Waals surface area contributed by atoms with Crippen molar-refractivity contribution < 1.29 is 31.1 Å². The third-order valence-electron chi connectivity index (χ3n) is 3.69. The lowest BCUT2D eigenvalue weighted by Gasteiger charge is -2.12. The van der Waals surface area contributed by atoms with Crippen LogP contribution in [0.4, 0.5) is 13.2 Å². The highest BCUT2D eigenvalue weighted by atomic mass is 32.2. The number of carbonyl (C=O) groups is 1. The van der Waals surface area contributed by atoms with Crippen molar-refractivity contribution in [1.82, 2.24) is 24.6 Å². The molecule has 0 saturated heterocycles. The summed E-state index contributed by atoms with van der Waals surface area (Å²) in [7, 11) is -4.11. The summed E-state index contributed by atoms with van der Waals surface area (Å²) in [6.45, 7) is 1.36. The van der Waals surface area contributed by atoms with Gasteiger partial charge in [-0.25, -0.2) is 18.0 Å². The Bertz CT molecular complexity index is 1280. The molecule has 3 rings (SSSR count). The molecule has 154 valence electrons. The van der Waals surface area contributed by atoms with Gasteiger partial charge in [-0.15, -0.1) is 10.2 Å². The van der Waals surface area contributed by atoms with Gasteiger partial charge in [0.15, 0.2) is 14.9 Å². The number of hydrogen-bond acceptors (Lipinski definition) is 8. The smallest absolute Gasteiger partial charge is 0.418 e. The van der Waals surface area contributed by atoms with Gasteiger partial charge in [-0.1, -0.05) is 17.3 Å². The van der Waals surface area contributed by atoms with Crippen LogP contribution in [-0.2, 0) is 20.8 Å². The quantitative estimate of drug-likeness (QED) is 0.557. The summed E-state index contributed by atoms with van der Waals surface area (Å²) in [6, 6.07) is 4.09. The number of halogens is 3. The van der Waals surface area contributed by atoms with E-state index in [0.717, 1.165) is 24.5 Å². The van der Waals surface area contributed by atoms with Crippen LogP contribution < -0.4 is 5.69 Å². The molecule has 0 bridgehead atoms. The molecule has 10 nitrogen and oxygen atoms in total. The van der Waals surface area contributed by atoms with Crippen LogP contribution in [0, 0.1) is 0 Å². The Hall–Kier alpha value is -3.29. The molecule has 0 radical (unpaired) electrons. The molecule has 0 fully saturated rings. The van der Waals surface area contributed by atoms with Gasteiger partial charge in [0.05, 0.1) is 17.9 Å². The number of nitrogens with zero attached hydrogens (tertiary/aromatic N) is 5. The third kappa shape index (κ3) is 3.57. The minimum atomic E-state index is -4.80. The molecular formula is C15H12F3N5O5S. The topological polar surface area (TPSA) is 126 Å². The van der Waals surface area contributed by atoms with Crippen LogP contribution in [0.3, 0.4) is 0 Å². The molecule has 1 aromatic carbocycles. The van der Waals surface area contributed by atoms with E-state index >= 15 is 0 Å². The monoisotopic (exact) mass is 431 g/mol. The van der Waals surface area contributed by atoms with E-state index in [1.54, 1.807) is 0 Å². The average molecular weight is 431 g/mol. The van der Waals surface area contributed by atoms with Gasteiger partial charge in [-0.05, 0) is 19.1 Å². The van der Waals surface area contributed by atoms with Crippen molar-refractivity contribution in [2.45, 2.75) is 18.1 Å². The number of aromatic nitrogens is 5. The minimum Gasteiger partial charge on any atom is -0.462 e. The fourth-order valence-corrected chi connectivity index (χ4v) is 3.30. The predicted octanol–water partition coefficient (Wildman–Crippen LogP) is 0.874. The Balaban J connectivity index is 2.37. The first-order valence-corrected chi connectivity index (χ1v) is 9.78. The first-order chi connectivity index (χ1) is 13.5. The van der Waals surface area contributed by atoms with Crippen LogP contribution >= 0.6 is 0 Å². The van der Waals surface area contributed by atoms with E-state index in [9.17, 15) is 31.2 Å². The highest BCUT2D eigenvalue weighted by Crippen LogP contribution is 2.32. The molecule has 0 aliphatic heterocycles. The van der Waals surface area contributed by atoms with Gasteiger partial charge < -0.3 is 4.74 Å². The number of para-hydroxylation sites is 1. The molecule has 14 heteroatoms. The van der Waals surface area contributed by atoms with Gasteiger partial charge in [0.25, 0.3) is 0 Å². The van der Waals surface area contributed by atoms with Crippen LogP contribution in [0.2, 0.25) is 0 Å². The van der Waals surface area contributed by atoms with Crippen molar-refractivity contribution in [2.75, 3.05) is 12.9 Å². The standard InChI is InChI=1S/C15H12F3N5O5S/c1-3-28-13(24)10-11-19-21-22(9-7-5-4-6-8(9)15(16,17)18)14(25)23(11)20-12(10)29(2,26)27/h4-7H,3H2,1-2H3. The van der Waals surface area contributed by atoms with Crippen molar-refractivity contribution in [1.29, 1.82) is 0 Å². The number of ether oxygens (including phenoxy) is 1. The Morgan fingerprint density at radius 1 is 1.24 bits per heavy atom. The van der Waals surface area contributed by atoms with Crippen molar-refractivity contribution in [3.05, 3.63) is 45.9 Å². The van der Waals surface area contributed by atoms with E-state index in [0.29, 0.717) is 9.20 Å². The molecule has 29 heavy (non-hydrogen) atoms. The van der Waals surface area contributed by atoms with Gasteiger partial charge in [0.2, 0.25) is 5.65 Å². The molecule has 0 unspecified atom stereocenters. The van der Waals surface area contributed by atoms with E-state index in [1.807, 2.05) is 0 Å². The summed E-state index contributed by atoms with van der Waals surface area (Å²) in [5, 5.41) is 9.77. The predicted molar refractivity (Wildman–Crippen MR) is 90.4 cm³/mol. The first-order valence-electron chi connectivity index (χ1n) is 7.89. The van der Waals surface area contributed by atoms with Gasteiger partial charge in [-0.2, -0.15) is 22.4 Å². The molecule has 0 N–H and O–H groups in total. The number of carbonyl (C=O) groups excluding carboxylic acids is 1. The van der Waals surface area contributed by atoms with E-state index in [1.165, 1.54) is 13.0 Å². The summed E-state index contributed by atoms with van der Waals surface area (Å²) in [4.78, 5) is 24.9. The number of fused-ring (bicyclic) bond motifs is 1. The molecule has 0 aliphatic rings. The number of sulfone groups is 1. The van der Waals surface area contributed by atoms with Gasteiger partial charge >= 0.3 is 17.8 Å². The maximum atomic E-state index is 13.3. The van der Waals surface area contributed by atoms with Crippen LogP contribution in [0.1, 0.15) is 22.8 Å². The van der Waals surface area contributed by atoms with Gasteiger partial charge in [0, 0.05) is 6.26 Å². The first kappa shape index (κ1) is 20.4. The van der Waals surface area contributed by atoms with Crippen LogP contribution in [0.15, 0.2) is 34.1 Å². The molecule has 0 amide bonds. The Morgan fingerprint density at radius 2 is 1.90 bits per heavy atom. The van der Waals surface area contributed by atoms with E-state index in [2.05, 4.69) is 15.4 Å². The SMILES string of the molecule is CCOC(=O)c1c(S(C)(=O)=O)nn2c(=O)n(-c3ccccc3C(F)(F)F)nnc12. The summed E-state index contributed by atoms with van der Waals surface area (Å²) in [5.74, 6) is -1.12. The zero-order chi connectivity index (χ0) is 21.6. The highest BCUT2D eigenvalue weighted by molar-refractivity contribution is 7.90. The van der Waals surface area contributed by atoms with Crippen LogP contribution in [0.25, 0.3) is 11.3 Å². The van der Waals surface area contributed by atoms with Crippen molar-refractivity contribution >= 4 is 21.5 Å². The van der Waals surface area contributed by atoms with Crippen molar-refractivity contribution in [3.63, 3.8) is 0 Å². The zero-order valence-electron chi connectivity index (χ0n) is 14.8. The number of esters is 1. The molecular weight excluding hydrogens is 419 g/mol. The number of alkyl halides is 3. The normalized spacial score (nSPS) is 12.3. The maximum Gasteiger partial charge on any atom is 0.418 e. The molecule has 0 atom stereocenters. The second-order valence-electron chi connectivity index (χ2n) is 5.71. The van der Waals surface area contributed by atoms with Crippen LogP contribution in [0.5, 0.6) is 0 Å². The molecule has 0 aliphatic carbocycles. The van der Waals surface area contributed by atoms with Crippen molar-refractivity contribution in [2.24, 2.45) is 0 Å². The second kappa shape index (κ2) is 6.95. The molecule has 0 spiro atoms. The summed E-state index contributed by atoms with van der Waals surface area (Å²) in [5.41, 5.74) is -4.26. The van der Waals surface area contributed by atoms with Gasteiger partial charge in [-0.3, -0.25) is 0 Å². The van der Waals surface area contributed by atoms with E-state index < -0.39 is 55.2 Å². The highest BCUT2D eigenvalue weighted by Gasteiger charge is 2.35. The second-order valence-corrected chi connectivity index (χ2v) is 7.64. The fraction of sp³-hybridized carbons (Fsp3) is 0.267. The zero-order valence-corrected chi connectivity index (χ0v) is 15.7. The van der Waals surface area contributed by atoms with Crippen LogP contribution in [-0.4, -0.2) is 51.9 Å². The van der Waals surface area contributed by atoms with Crippen molar-refractivity contribution in [3.8, 4) is 5.69 Å². The lowest BCUT2D eigenvalue weighted by molar-refractivity contribution is -0.137. The lowest BCUT2D eigenvalue weighted by atomic mass is 10.2. The molecule has 2 aromatic heterocycles. The number of rotatable bonds is 4. The summed E-state index contributed by atoms with van der Waals surface area (Å²) < 4.78 is 69.3. The molecule has 3 aromatic rings. The van der Waals surface area contributed by atoms with Gasteiger partial charge in [0.1, 0.15) is 5.56 Å². The fourth-order valence-electron chi connectivity index (χ4n) is 2.52. The molecule has 0 saturated carbocycles. The number of hydrogen-bond donors (Lipinski definition) is 0. The number of benzene rings is 1. The van der Waals surface area contributed by atoms with E-state index in [-0.39, 0.29) is 6.61 Å². The average Bonchev–Trinajstić information content (AvgIpc) is 3.02. The third-order valence-corrected chi connectivity index (χ3v) is 4.68. The largest absolute Gasteiger partial charge is 0.462 e.